The normalized spacial score (nSPS) is 11.4. The van der Waals surface area contributed by atoms with Crippen LogP contribution in [-0.2, 0) is 10.1 Å². The van der Waals surface area contributed by atoms with Crippen molar-refractivity contribution in [1.82, 2.24) is 5.43 Å². The number of non-ortho nitro benzene ring substituents is 1. The van der Waals surface area contributed by atoms with Crippen molar-refractivity contribution >= 4 is 67.1 Å². The van der Waals surface area contributed by atoms with E-state index < -0.39 is 20.9 Å². The third-order valence-corrected chi connectivity index (χ3v) is 6.54. The third-order valence-electron chi connectivity index (χ3n) is 4.06. The fourth-order valence-corrected chi connectivity index (χ4v) is 4.09. The smallest absolute Gasteiger partial charge is 0.339 e. The first-order valence-corrected chi connectivity index (χ1v) is 11.8. The summed E-state index contributed by atoms with van der Waals surface area (Å²) in [7, 11) is -4.30. The van der Waals surface area contributed by atoms with E-state index in [0.717, 1.165) is 24.3 Å². The highest BCUT2D eigenvalue weighted by molar-refractivity contribution is 9.10. The predicted octanol–water partition coefficient (Wildman–Crippen LogP) is 5.20. The molecule has 0 aromatic heterocycles. The highest BCUT2D eigenvalue weighted by atomic mass is 79.9. The number of nitro benzene ring substituents is 1. The maximum absolute atomic E-state index is 12.6. The summed E-state index contributed by atoms with van der Waals surface area (Å²) in [5.74, 6) is -0.648. The number of halogens is 3. The van der Waals surface area contributed by atoms with E-state index in [1.165, 1.54) is 36.5 Å². The fourth-order valence-electron chi connectivity index (χ4n) is 2.46. The van der Waals surface area contributed by atoms with Crippen LogP contribution in [0.4, 0.5) is 5.69 Å². The molecule has 9 nitrogen and oxygen atoms in total. The molecule has 0 heterocycles. The topological polar surface area (TPSA) is 128 Å². The summed E-state index contributed by atoms with van der Waals surface area (Å²) in [6.07, 6.45) is 1.20. The zero-order chi connectivity index (χ0) is 24.2. The van der Waals surface area contributed by atoms with Crippen LogP contribution < -0.4 is 9.61 Å². The Hall–Kier alpha value is -2.99. The summed E-state index contributed by atoms with van der Waals surface area (Å²) >= 11 is 15.0. The number of nitrogens with zero attached hydrogens (tertiary/aromatic N) is 2. The second-order valence-corrected chi connectivity index (χ2v) is 9.58. The minimum atomic E-state index is -4.30. The maximum atomic E-state index is 12.6. The van der Waals surface area contributed by atoms with Gasteiger partial charge in [0.05, 0.1) is 21.2 Å². The van der Waals surface area contributed by atoms with Gasteiger partial charge in [-0.1, -0.05) is 39.1 Å². The molecule has 0 bridgehead atoms. The van der Waals surface area contributed by atoms with Gasteiger partial charge in [0.15, 0.2) is 5.75 Å². The fraction of sp³-hybridized carbons (Fsp3) is 0. The van der Waals surface area contributed by atoms with Crippen molar-refractivity contribution in [3.63, 3.8) is 0 Å². The monoisotopic (exact) mass is 571 g/mol. The first-order valence-electron chi connectivity index (χ1n) is 8.84. The standard InChI is InChI=1S/C20H12BrCl2N3O6S/c21-14-2-8-19(32-33(30,31)16-5-3-15(4-6-16)26(28)29)13(9-14)11-24-25-20(27)12-1-7-17(22)18(23)10-12/h1-11H,(H,25,27)/b24-11-. The van der Waals surface area contributed by atoms with E-state index in [0.29, 0.717) is 9.50 Å². The van der Waals surface area contributed by atoms with E-state index in [1.807, 2.05) is 0 Å². The summed E-state index contributed by atoms with van der Waals surface area (Å²) in [5.41, 5.74) is 2.48. The molecule has 33 heavy (non-hydrogen) atoms. The quantitative estimate of drug-likeness (QED) is 0.179. The van der Waals surface area contributed by atoms with Gasteiger partial charge in [0.25, 0.3) is 11.6 Å². The van der Waals surface area contributed by atoms with E-state index in [2.05, 4.69) is 26.5 Å². The van der Waals surface area contributed by atoms with Gasteiger partial charge in [-0.15, -0.1) is 0 Å². The molecule has 0 atom stereocenters. The van der Waals surface area contributed by atoms with E-state index in [-0.39, 0.29) is 32.5 Å². The largest absolute Gasteiger partial charge is 0.378 e. The Morgan fingerprint density at radius 1 is 1.06 bits per heavy atom. The average molecular weight is 573 g/mol. The Morgan fingerprint density at radius 3 is 2.39 bits per heavy atom. The molecule has 3 aromatic carbocycles. The molecular weight excluding hydrogens is 561 g/mol. The van der Waals surface area contributed by atoms with Crippen molar-refractivity contribution in [3.8, 4) is 5.75 Å². The van der Waals surface area contributed by atoms with Gasteiger partial charge in [-0.3, -0.25) is 14.9 Å². The second-order valence-electron chi connectivity index (χ2n) is 6.30. The molecule has 1 amide bonds. The minimum absolute atomic E-state index is 0.0795. The Labute approximate surface area is 206 Å². The molecule has 0 aliphatic rings. The molecule has 0 fully saturated rings. The van der Waals surface area contributed by atoms with Crippen molar-refractivity contribution in [2.75, 3.05) is 0 Å². The highest BCUT2D eigenvalue weighted by Crippen LogP contribution is 2.26. The molecule has 0 spiro atoms. The Bertz CT molecular complexity index is 1360. The van der Waals surface area contributed by atoms with Gasteiger partial charge in [0.2, 0.25) is 0 Å². The molecule has 0 radical (unpaired) electrons. The lowest BCUT2D eigenvalue weighted by atomic mass is 10.2. The van der Waals surface area contributed by atoms with Crippen LogP contribution in [0.2, 0.25) is 10.0 Å². The van der Waals surface area contributed by atoms with Gasteiger partial charge in [0, 0.05) is 27.7 Å². The number of hydrazone groups is 1. The molecular formula is C20H12BrCl2N3O6S. The SMILES string of the molecule is O=C(N/N=C\c1cc(Br)ccc1OS(=O)(=O)c1ccc([N+](=O)[O-])cc1)c1ccc(Cl)c(Cl)c1. The van der Waals surface area contributed by atoms with Gasteiger partial charge in [-0.05, 0) is 48.5 Å². The second kappa shape index (κ2) is 10.3. The first kappa shape index (κ1) is 24.6. The molecule has 0 saturated carbocycles. The van der Waals surface area contributed by atoms with Crippen LogP contribution in [0.3, 0.4) is 0 Å². The minimum Gasteiger partial charge on any atom is -0.378 e. The van der Waals surface area contributed by atoms with Crippen molar-refractivity contribution in [2.24, 2.45) is 5.10 Å². The molecule has 0 saturated heterocycles. The molecule has 13 heteroatoms. The van der Waals surface area contributed by atoms with E-state index >= 15 is 0 Å². The molecule has 3 aromatic rings. The van der Waals surface area contributed by atoms with Gasteiger partial charge >= 0.3 is 10.1 Å². The molecule has 3 rings (SSSR count). The number of nitro groups is 1. The average Bonchev–Trinajstić information content (AvgIpc) is 2.77. The van der Waals surface area contributed by atoms with Crippen molar-refractivity contribution in [1.29, 1.82) is 0 Å². The molecule has 1 N–H and O–H groups in total. The lowest BCUT2D eigenvalue weighted by molar-refractivity contribution is -0.384. The van der Waals surface area contributed by atoms with Crippen LogP contribution in [0, 0.1) is 10.1 Å². The maximum Gasteiger partial charge on any atom is 0.339 e. The van der Waals surface area contributed by atoms with Crippen LogP contribution in [0.15, 0.2) is 75.1 Å². The number of carbonyl (C=O) groups excluding carboxylic acids is 1. The number of hydrogen-bond donors (Lipinski definition) is 1. The van der Waals surface area contributed by atoms with Gasteiger partial charge in [0.1, 0.15) is 4.90 Å². The van der Waals surface area contributed by atoms with E-state index in [4.69, 9.17) is 27.4 Å². The van der Waals surface area contributed by atoms with Crippen molar-refractivity contribution in [2.45, 2.75) is 4.90 Å². The van der Waals surface area contributed by atoms with Gasteiger partial charge in [-0.25, -0.2) is 5.43 Å². The van der Waals surface area contributed by atoms with Crippen molar-refractivity contribution in [3.05, 3.63) is 96.4 Å². The summed E-state index contributed by atoms with van der Waals surface area (Å²) in [4.78, 5) is 22.1. The van der Waals surface area contributed by atoms with Crippen molar-refractivity contribution < 1.29 is 22.3 Å². The molecule has 0 unspecified atom stereocenters. The van der Waals surface area contributed by atoms with E-state index in [9.17, 15) is 23.3 Å². The number of amides is 1. The number of carbonyl (C=O) groups is 1. The Morgan fingerprint density at radius 2 is 1.76 bits per heavy atom. The first-order chi connectivity index (χ1) is 15.6. The molecule has 0 aliphatic heterocycles. The number of benzene rings is 3. The number of nitrogens with one attached hydrogen (secondary N) is 1. The highest BCUT2D eigenvalue weighted by Gasteiger charge is 2.20. The summed E-state index contributed by atoms with van der Waals surface area (Å²) in [6.45, 7) is 0. The predicted molar refractivity (Wildman–Crippen MR) is 127 cm³/mol. The lowest BCUT2D eigenvalue weighted by Crippen LogP contribution is -2.17. The van der Waals surface area contributed by atoms with Crippen LogP contribution >= 0.6 is 39.1 Å². The number of rotatable bonds is 7. The van der Waals surface area contributed by atoms with Crippen LogP contribution in [-0.4, -0.2) is 25.5 Å². The number of hydrogen-bond acceptors (Lipinski definition) is 7. The zero-order valence-electron chi connectivity index (χ0n) is 16.2. The van der Waals surface area contributed by atoms with Crippen LogP contribution in [0.1, 0.15) is 15.9 Å². The molecule has 170 valence electrons. The van der Waals surface area contributed by atoms with Gasteiger partial charge < -0.3 is 4.18 Å². The third kappa shape index (κ3) is 6.29. The lowest BCUT2D eigenvalue weighted by Gasteiger charge is -2.10. The van der Waals surface area contributed by atoms with Crippen LogP contribution in [0.25, 0.3) is 0 Å². The Balaban J connectivity index is 1.80. The summed E-state index contributed by atoms with van der Waals surface area (Å²) in [6, 6.07) is 13.0. The zero-order valence-corrected chi connectivity index (χ0v) is 20.2. The van der Waals surface area contributed by atoms with E-state index in [1.54, 1.807) is 6.07 Å². The molecule has 0 aliphatic carbocycles. The van der Waals surface area contributed by atoms with Gasteiger partial charge in [-0.2, -0.15) is 13.5 Å². The van der Waals surface area contributed by atoms with Crippen LogP contribution in [0.5, 0.6) is 5.75 Å². The summed E-state index contributed by atoms with van der Waals surface area (Å²) < 4.78 is 31.0. The Kier molecular flexibility index (Phi) is 7.69. The summed E-state index contributed by atoms with van der Waals surface area (Å²) in [5, 5.41) is 15.1.